The van der Waals surface area contributed by atoms with Gasteiger partial charge in [0.1, 0.15) is 16.3 Å². The van der Waals surface area contributed by atoms with E-state index in [4.69, 9.17) is 15.5 Å². The molecule has 2 aromatic rings. The summed E-state index contributed by atoms with van der Waals surface area (Å²) in [5.74, 6) is 0.909. The van der Waals surface area contributed by atoms with Crippen molar-refractivity contribution in [2.75, 3.05) is 6.61 Å². The molecular formula is C15H16N2OS. The fourth-order valence-corrected chi connectivity index (χ4v) is 4.32. The Morgan fingerprint density at radius 3 is 3.05 bits per heavy atom. The van der Waals surface area contributed by atoms with E-state index in [2.05, 4.69) is 6.07 Å². The van der Waals surface area contributed by atoms with Gasteiger partial charge in [-0.1, -0.05) is 18.2 Å². The molecule has 1 aromatic heterocycles. The van der Waals surface area contributed by atoms with Gasteiger partial charge in [-0.05, 0) is 25.3 Å². The number of aryl methyl sites for hydroxylation is 2. The van der Waals surface area contributed by atoms with Crippen LogP contribution < -0.4 is 10.5 Å². The van der Waals surface area contributed by atoms with Crippen LogP contribution in [0.3, 0.4) is 0 Å². The third kappa shape index (κ3) is 1.63. The van der Waals surface area contributed by atoms with Gasteiger partial charge < -0.3 is 10.5 Å². The molecule has 1 aliphatic carbocycles. The van der Waals surface area contributed by atoms with Crippen molar-refractivity contribution in [2.45, 2.75) is 31.2 Å². The van der Waals surface area contributed by atoms with Crippen LogP contribution in [0.2, 0.25) is 0 Å². The van der Waals surface area contributed by atoms with Crippen LogP contribution in [0.1, 0.15) is 34.0 Å². The maximum atomic E-state index is 6.72. The van der Waals surface area contributed by atoms with Crippen LogP contribution in [-0.2, 0) is 18.4 Å². The van der Waals surface area contributed by atoms with Crippen molar-refractivity contribution in [2.24, 2.45) is 5.73 Å². The van der Waals surface area contributed by atoms with Gasteiger partial charge in [0.2, 0.25) is 0 Å². The second-order valence-electron chi connectivity index (χ2n) is 5.31. The number of aromatic nitrogens is 1. The Kier molecular flexibility index (Phi) is 2.44. The summed E-state index contributed by atoms with van der Waals surface area (Å²) in [7, 11) is 0. The average Bonchev–Trinajstić information content (AvgIpc) is 3.00. The Labute approximate surface area is 116 Å². The zero-order chi connectivity index (χ0) is 12.9. The standard InChI is InChI=1S/C15H16N2OS/c16-15(14-17-11-5-3-7-13(11)19-14)8-9-18-12-6-2-1-4-10(12)15/h1-2,4,6H,3,5,7-9,16H2. The Morgan fingerprint density at radius 2 is 2.16 bits per heavy atom. The van der Waals surface area contributed by atoms with Crippen molar-refractivity contribution in [3.05, 3.63) is 45.4 Å². The van der Waals surface area contributed by atoms with E-state index in [-0.39, 0.29) is 0 Å². The highest BCUT2D eigenvalue weighted by atomic mass is 32.1. The molecular weight excluding hydrogens is 256 g/mol. The highest BCUT2D eigenvalue weighted by Gasteiger charge is 2.39. The molecule has 0 saturated heterocycles. The number of thiazole rings is 1. The van der Waals surface area contributed by atoms with E-state index in [9.17, 15) is 0 Å². The molecule has 1 aromatic carbocycles. The topological polar surface area (TPSA) is 48.1 Å². The molecule has 1 unspecified atom stereocenters. The Hall–Kier alpha value is -1.39. The first-order valence-corrected chi connectivity index (χ1v) is 7.59. The largest absolute Gasteiger partial charge is 0.493 e. The van der Waals surface area contributed by atoms with Crippen LogP contribution in [-0.4, -0.2) is 11.6 Å². The predicted octanol–water partition coefficient (Wildman–Crippen LogP) is 2.62. The number of hydrogen-bond acceptors (Lipinski definition) is 4. The molecule has 3 nitrogen and oxygen atoms in total. The third-order valence-electron chi connectivity index (χ3n) is 4.10. The van der Waals surface area contributed by atoms with Gasteiger partial charge in [-0.25, -0.2) is 4.98 Å². The second kappa shape index (κ2) is 4.05. The number of nitrogens with two attached hydrogens (primary N) is 1. The predicted molar refractivity (Wildman–Crippen MR) is 75.7 cm³/mol. The number of benzene rings is 1. The van der Waals surface area contributed by atoms with Crippen molar-refractivity contribution >= 4 is 11.3 Å². The van der Waals surface area contributed by atoms with E-state index in [0.29, 0.717) is 6.61 Å². The number of hydrogen-bond donors (Lipinski definition) is 1. The molecule has 0 spiro atoms. The summed E-state index contributed by atoms with van der Waals surface area (Å²) >= 11 is 1.80. The molecule has 2 aliphatic rings. The van der Waals surface area contributed by atoms with Gasteiger partial charge in [0.05, 0.1) is 12.3 Å². The SMILES string of the molecule is NC1(c2nc3c(s2)CCC3)CCOc2ccccc21. The maximum Gasteiger partial charge on any atom is 0.124 e. The Balaban J connectivity index is 1.85. The van der Waals surface area contributed by atoms with Crippen molar-refractivity contribution in [1.29, 1.82) is 0 Å². The lowest BCUT2D eigenvalue weighted by molar-refractivity contribution is 0.237. The minimum Gasteiger partial charge on any atom is -0.493 e. The number of ether oxygens (including phenoxy) is 1. The summed E-state index contributed by atoms with van der Waals surface area (Å²) in [6, 6.07) is 8.08. The zero-order valence-corrected chi connectivity index (χ0v) is 11.5. The number of para-hydroxylation sites is 1. The molecule has 1 atom stereocenters. The molecule has 98 valence electrons. The van der Waals surface area contributed by atoms with Gasteiger partial charge in [0, 0.05) is 16.9 Å². The van der Waals surface area contributed by atoms with E-state index in [0.717, 1.165) is 29.2 Å². The summed E-state index contributed by atoms with van der Waals surface area (Å²) in [6.07, 6.45) is 4.32. The molecule has 4 heteroatoms. The number of nitrogens with zero attached hydrogens (tertiary/aromatic N) is 1. The Bertz CT molecular complexity index is 615. The number of fused-ring (bicyclic) bond motifs is 2. The molecule has 1 aliphatic heterocycles. The first-order chi connectivity index (χ1) is 9.27. The molecule has 2 N–H and O–H groups in total. The van der Waals surface area contributed by atoms with Gasteiger partial charge in [0.25, 0.3) is 0 Å². The summed E-state index contributed by atoms with van der Waals surface area (Å²) in [6.45, 7) is 0.664. The van der Waals surface area contributed by atoms with E-state index in [1.807, 2.05) is 18.2 Å². The van der Waals surface area contributed by atoms with Crippen LogP contribution in [0.15, 0.2) is 24.3 Å². The van der Waals surface area contributed by atoms with Gasteiger partial charge >= 0.3 is 0 Å². The van der Waals surface area contributed by atoms with E-state index >= 15 is 0 Å². The molecule has 0 bridgehead atoms. The highest BCUT2D eigenvalue weighted by molar-refractivity contribution is 7.12. The fraction of sp³-hybridized carbons (Fsp3) is 0.400. The molecule has 0 fully saturated rings. The van der Waals surface area contributed by atoms with Crippen LogP contribution in [0.4, 0.5) is 0 Å². The molecule has 0 amide bonds. The van der Waals surface area contributed by atoms with Crippen LogP contribution >= 0.6 is 11.3 Å². The fourth-order valence-electron chi connectivity index (χ4n) is 3.02. The molecule has 0 saturated carbocycles. The molecule has 4 rings (SSSR count). The quantitative estimate of drug-likeness (QED) is 0.868. The average molecular weight is 272 g/mol. The lowest BCUT2D eigenvalue weighted by atomic mass is 9.86. The zero-order valence-electron chi connectivity index (χ0n) is 10.7. The smallest absolute Gasteiger partial charge is 0.124 e. The lowest BCUT2D eigenvalue weighted by Crippen LogP contribution is -2.42. The molecule has 0 radical (unpaired) electrons. The van der Waals surface area contributed by atoms with Crippen LogP contribution in [0, 0.1) is 0 Å². The van der Waals surface area contributed by atoms with Crippen LogP contribution in [0.5, 0.6) is 5.75 Å². The van der Waals surface area contributed by atoms with Gasteiger partial charge in [0.15, 0.2) is 0 Å². The maximum absolute atomic E-state index is 6.72. The van der Waals surface area contributed by atoms with E-state index < -0.39 is 5.54 Å². The summed E-state index contributed by atoms with van der Waals surface area (Å²) < 4.78 is 5.71. The summed E-state index contributed by atoms with van der Waals surface area (Å²) in [4.78, 5) is 6.26. The highest BCUT2D eigenvalue weighted by Crippen LogP contribution is 2.42. The molecule has 19 heavy (non-hydrogen) atoms. The second-order valence-corrected chi connectivity index (χ2v) is 6.39. The van der Waals surface area contributed by atoms with Gasteiger partial charge in [-0.15, -0.1) is 11.3 Å². The summed E-state index contributed by atoms with van der Waals surface area (Å²) in [5.41, 5.74) is 8.60. The minimum atomic E-state index is -0.468. The minimum absolute atomic E-state index is 0.468. The third-order valence-corrected chi connectivity index (χ3v) is 5.43. The van der Waals surface area contributed by atoms with Crippen molar-refractivity contribution in [1.82, 2.24) is 4.98 Å². The van der Waals surface area contributed by atoms with Gasteiger partial charge in [-0.3, -0.25) is 0 Å². The van der Waals surface area contributed by atoms with Crippen molar-refractivity contribution < 1.29 is 4.74 Å². The van der Waals surface area contributed by atoms with Crippen molar-refractivity contribution in [3.63, 3.8) is 0 Å². The Morgan fingerprint density at radius 1 is 1.26 bits per heavy atom. The van der Waals surface area contributed by atoms with E-state index in [1.165, 1.54) is 23.4 Å². The first kappa shape index (κ1) is 11.4. The normalized spacial score (nSPS) is 24.7. The van der Waals surface area contributed by atoms with E-state index in [1.54, 1.807) is 11.3 Å². The van der Waals surface area contributed by atoms with Crippen molar-refractivity contribution in [3.8, 4) is 5.75 Å². The summed E-state index contributed by atoms with van der Waals surface area (Å²) in [5, 5.41) is 1.06. The number of rotatable bonds is 1. The monoisotopic (exact) mass is 272 g/mol. The lowest BCUT2D eigenvalue weighted by Gasteiger charge is -2.33. The first-order valence-electron chi connectivity index (χ1n) is 6.77. The molecule has 2 heterocycles. The van der Waals surface area contributed by atoms with Crippen LogP contribution in [0.25, 0.3) is 0 Å². The van der Waals surface area contributed by atoms with Gasteiger partial charge in [-0.2, -0.15) is 0 Å².